The van der Waals surface area contributed by atoms with Crippen LogP contribution in [0.5, 0.6) is 0 Å². The number of carbonyl (C=O) groups is 1. The second-order valence-electron chi connectivity index (χ2n) is 4.17. The first-order valence-corrected chi connectivity index (χ1v) is 6.16. The highest BCUT2D eigenvalue weighted by Gasteiger charge is 2.03. The minimum Gasteiger partial charge on any atom is -0.379 e. The number of nitrogens with one attached hydrogen (secondary N) is 2. The molecule has 100 valence electrons. The molecule has 0 unspecified atom stereocenters. The number of hydrogen-bond donors (Lipinski definition) is 2. The minimum absolute atomic E-state index is 0.0528. The number of nitrogens with zero attached hydrogens (tertiary/aromatic N) is 3. The zero-order valence-corrected chi connectivity index (χ0v) is 11.1. The van der Waals surface area contributed by atoms with Crippen LogP contribution in [0.2, 0.25) is 0 Å². The molecule has 0 aliphatic heterocycles. The summed E-state index contributed by atoms with van der Waals surface area (Å²) in [6.07, 6.45) is 1.86. The van der Waals surface area contributed by atoms with Crippen molar-refractivity contribution in [1.29, 1.82) is 0 Å². The lowest BCUT2D eigenvalue weighted by molar-refractivity contribution is 0.0956. The van der Waals surface area contributed by atoms with E-state index in [1.54, 1.807) is 16.8 Å². The summed E-state index contributed by atoms with van der Waals surface area (Å²) in [4.78, 5) is 11.6. The molecule has 19 heavy (non-hydrogen) atoms. The Labute approximate surface area is 111 Å². The van der Waals surface area contributed by atoms with E-state index in [1.165, 1.54) is 0 Å². The van der Waals surface area contributed by atoms with E-state index in [-0.39, 0.29) is 5.91 Å². The number of benzene rings is 1. The maximum Gasteiger partial charge on any atom is 0.251 e. The van der Waals surface area contributed by atoms with Gasteiger partial charge in [0.1, 0.15) is 5.69 Å². The quantitative estimate of drug-likeness (QED) is 0.845. The van der Waals surface area contributed by atoms with Crippen molar-refractivity contribution in [1.82, 2.24) is 20.3 Å². The van der Waals surface area contributed by atoms with Gasteiger partial charge in [0, 0.05) is 31.0 Å². The molecule has 2 N–H and O–H groups in total. The van der Waals surface area contributed by atoms with Crippen molar-refractivity contribution in [2.75, 3.05) is 11.9 Å². The molecule has 2 rings (SSSR count). The third kappa shape index (κ3) is 3.54. The Hall–Kier alpha value is -2.37. The van der Waals surface area contributed by atoms with Crippen molar-refractivity contribution < 1.29 is 4.79 Å². The van der Waals surface area contributed by atoms with Crippen LogP contribution in [0.15, 0.2) is 30.5 Å². The lowest BCUT2D eigenvalue weighted by Crippen LogP contribution is -2.22. The van der Waals surface area contributed by atoms with Crippen LogP contribution >= 0.6 is 0 Å². The van der Waals surface area contributed by atoms with Crippen LogP contribution in [-0.2, 0) is 13.6 Å². The molecule has 0 spiro atoms. The highest BCUT2D eigenvalue weighted by Crippen LogP contribution is 2.10. The largest absolute Gasteiger partial charge is 0.379 e. The number of hydrogen-bond acceptors (Lipinski definition) is 4. The number of carbonyl (C=O) groups excluding carboxylic acids is 1. The average molecular weight is 259 g/mol. The lowest BCUT2D eigenvalue weighted by Gasteiger charge is -2.06. The molecule has 0 saturated carbocycles. The Kier molecular flexibility index (Phi) is 4.12. The number of anilines is 1. The molecule has 1 aromatic heterocycles. The van der Waals surface area contributed by atoms with Gasteiger partial charge in [0.15, 0.2) is 0 Å². The van der Waals surface area contributed by atoms with Gasteiger partial charge in [0.2, 0.25) is 0 Å². The van der Waals surface area contributed by atoms with E-state index in [1.807, 2.05) is 32.3 Å². The highest BCUT2D eigenvalue weighted by atomic mass is 16.1. The van der Waals surface area contributed by atoms with Gasteiger partial charge in [0.05, 0.1) is 6.54 Å². The molecule has 0 atom stereocenters. The summed E-state index contributed by atoms with van der Waals surface area (Å²) >= 11 is 0. The molecule has 0 saturated heterocycles. The number of aryl methyl sites for hydroxylation is 1. The second-order valence-corrected chi connectivity index (χ2v) is 4.17. The van der Waals surface area contributed by atoms with Gasteiger partial charge in [-0.25, -0.2) is 0 Å². The molecule has 1 aromatic carbocycles. The van der Waals surface area contributed by atoms with Gasteiger partial charge < -0.3 is 10.6 Å². The summed E-state index contributed by atoms with van der Waals surface area (Å²) in [5, 5.41) is 13.8. The standard InChI is InChI=1S/C13H17N5O/c1-3-14-13(19)10-4-6-11(7-5-10)15-8-12-9-18(2)17-16-12/h4-7,9,15H,3,8H2,1-2H3,(H,14,19). The molecule has 1 heterocycles. The molecule has 6 nitrogen and oxygen atoms in total. The van der Waals surface area contributed by atoms with Crippen LogP contribution in [0.25, 0.3) is 0 Å². The lowest BCUT2D eigenvalue weighted by atomic mass is 10.2. The van der Waals surface area contributed by atoms with Crippen molar-refractivity contribution in [2.45, 2.75) is 13.5 Å². The molecular formula is C13H17N5O. The molecule has 2 aromatic rings. The van der Waals surface area contributed by atoms with Crippen LogP contribution in [-0.4, -0.2) is 27.4 Å². The fraction of sp³-hybridized carbons (Fsp3) is 0.308. The van der Waals surface area contributed by atoms with E-state index in [9.17, 15) is 4.79 Å². The summed E-state index contributed by atoms with van der Waals surface area (Å²) in [6.45, 7) is 3.13. The van der Waals surface area contributed by atoms with E-state index in [0.29, 0.717) is 18.7 Å². The molecule has 6 heteroatoms. The monoisotopic (exact) mass is 259 g/mol. The Morgan fingerprint density at radius 2 is 2.05 bits per heavy atom. The molecular weight excluding hydrogens is 242 g/mol. The van der Waals surface area contributed by atoms with Crippen LogP contribution in [0, 0.1) is 0 Å². The fourth-order valence-corrected chi connectivity index (χ4v) is 1.67. The van der Waals surface area contributed by atoms with Crippen molar-refractivity contribution >= 4 is 11.6 Å². The Morgan fingerprint density at radius 3 is 2.63 bits per heavy atom. The van der Waals surface area contributed by atoms with Gasteiger partial charge in [-0.15, -0.1) is 5.10 Å². The minimum atomic E-state index is -0.0528. The van der Waals surface area contributed by atoms with E-state index < -0.39 is 0 Å². The van der Waals surface area contributed by atoms with E-state index in [4.69, 9.17) is 0 Å². The van der Waals surface area contributed by atoms with Gasteiger partial charge in [-0.1, -0.05) is 5.21 Å². The average Bonchev–Trinajstić information content (AvgIpc) is 2.83. The molecule has 0 fully saturated rings. The molecule has 0 radical (unpaired) electrons. The van der Waals surface area contributed by atoms with Crippen LogP contribution in [0.3, 0.4) is 0 Å². The van der Waals surface area contributed by atoms with Crippen LogP contribution in [0.4, 0.5) is 5.69 Å². The Bertz CT molecular complexity index is 546. The van der Waals surface area contributed by atoms with Crippen LogP contribution in [0.1, 0.15) is 23.0 Å². The summed E-state index contributed by atoms with van der Waals surface area (Å²) in [5.74, 6) is -0.0528. The third-order valence-electron chi connectivity index (χ3n) is 2.61. The zero-order valence-electron chi connectivity index (χ0n) is 11.1. The molecule has 0 aliphatic rings. The van der Waals surface area contributed by atoms with Gasteiger partial charge in [-0.05, 0) is 31.2 Å². The number of aromatic nitrogens is 3. The van der Waals surface area contributed by atoms with Crippen molar-refractivity contribution in [2.24, 2.45) is 7.05 Å². The van der Waals surface area contributed by atoms with Crippen molar-refractivity contribution in [3.63, 3.8) is 0 Å². The van der Waals surface area contributed by atoms with E-state index in [2.05, 4.69) is 20.9 Å². The second kappa shape index (κ2) is 5.99. The Morgan fingerprint density at radius 1 is 1.32 bits per heavy atom. The fourth-order valence-electron chi connectivity index (χ4n) is 1.67. The first-order valence-electron chi connectivity index (χ1n) is 6.16. The number of rotatable bonds is 5. The first kappa shape index (κ1) is 13.1. The smallest absolute Gasteiger partial charge is 0.251 e. The predicted molar refractivity (Wildman–Crippen MR) is 72.8 cm³/mol. The third-order valence-corrected chi connectivity index (χ3v) is 2.61. The summed E-state index contributed by atoms with van der Waals surface area (Å²) in [5.41, 5.74) is 2.47. The van der Waals surface area contributed by atoms with E-state index >= 15 is 0 Å². The summed E-state index contributed by atoms with van der Waals surface area (Å²) in [6, 6.07) is 7.34. The highest BCUT2D eigenvalue weighted by molar-refractivity contribution is 5.94. The predicted octanol–water partition coefficient (Wildman–Crippen LogP) is 1.18. The first-order chi connectivity index (χ1) is 9.19. The summed E-state index contributed by atoms with van der Waals surface area (Å²) in [7, 11) is 1.83. The Balaban J connectivity index is 1.93. The van der Waals surface area contributed by atoms with Gasteiger partial charge in [-0.2, -0.15) is 0 Å². The SMILES string of the molecule is CCNC(=O)c1ccc(NCc2cn(C)nn2)cc1. The van der Waals surface area contributed by atoms with Crippen molar-refractivity contribution in [3.05, 3.63) is 41.7 Å². The normalized spacial score (nSPS) is 10.2. The van der Waals surface area contributed by atoms with Crippen molar-refractivity contribution in [3.8, 4) is 0 Å². The van der Waals surface area contributed by atoms with E-state index in [0.717, 1.165) is 11.4 Å². The van der Waals surface area contributed by atoms with Gasteiger partial charge >= 0.3 is 0 Å². The van der Waals surface area contributed by atoms with Gasteiger partial charge in [-0.3, -0.25) is 9.48 Å². The summed E-state index contributed by atoms with van der Waals surface area (Å²) < 4.78 is 1.66. The number of amides is 1. The molecule has 0 bridgehead atoms. The van der Waals surface area contributed by atoms with Gasteiger partial charge in [0.25, 0.3) is 5.91 Å². The molecule has 0 aliphatic carbocycles. The molecule has 1 amide bonds. The maximum atomic E-state index is 11.6. The zero-order chi connectivity index (χ0) is 13.7. The maximum absolute atomic E-state index is 11.6. The van der Waals surface area contributed by atoms with Crippen LogP contribution < -0.4 is 10.6 Å². The topological polar surface area (TPSA) is 71.8 Å².